The molecule has 5 nitrogen and oxygen atoms in total. The smallest absolute Gasteiger partial charge is 0.337 e. The SMILES string of the molecule is COC(=O)c1ccc(Cl)c(S(=O)(=O)Nc2ccc(Br)cc2F)c1. The van der Waals surface area contributed by atoms with Crippen LogP contribution in [0.15, 0.2) is 45.8 Å². The van der Waals surface area contributed by atoms with Gasteiger partial charge in [-0.2, -0.15) is 0 Å². The molecule has 0 aromatic heterocycles. The van der Waals surface area contributed by atoms with Gasteiger partial charge in [0.2, 0.25) is 0 Å². The highest BCUT2D eigenvalue weighted by molar-refractivity contribution is 9.10. The molecule has 0 saturated carbocycles. The Hall–Kier alpha value is -1.64. The van der Waals surface area contributed by atoms with Gasteiger partial charge in [0.15, 0.2) is 0 Å². The normalized spacial score (nSPS) is 11.1. The molecule has 1 N–H and O–H groups in total. The third kappa shape index (κ3) is 4.01. The van der Waals surface area contributed by atoms with E-state index in [4.69, 9.17) is 11.6 Å². The van der Waals surface area contributed by atoms with Crippen molar-refractivity contribution in [2.24, 2.45) is 0 Å². The van der Waals surface area contributed by atoms with E-state index in [9.17, 15) is 17.6 Å². The van der Waals surface area contributed by atoms with Gasteiger partial charge in [-0.05, 0) is 36.4 Å². The van der Waals surface area contributed by atoms with Crippen LogP contribution in [0.3, 0.4) is 0 Å². The lowest BCUT2D eigenvalue weighted by atomic mass is 10.2. The first-order valence-electron chi connectivity index (χ1n) is 6.10. The minimum atomic E-state index is -4.19. The predicted molar refractivity (Wildman–Crippen MR) is 87.7 cm³/mol. The molecule has 0 unspecified atom stereocenters. The highest BCUT2D eigenvalue weighted by Gasteiger charge is 2.22. The van der Waals surface area contributed by atoms with Gasteiger partial charge in [-0.25, -0.2) is 17.6 Å². The van der Waals surface area contributed by atoms with Crippen LogP contribution in [0.2, 0.25) is 5.02 Å². The van der Waals surface area contributed by atoms with Gasteiger partial charge in [0.05, 0.1) is 23.4 Å². The average Bonchev–Trinajstić information content (AvgIpc) is 2.49. The van der Waals surface area contributed by atoms with E-state index in [2.05, 4.69) is 25.4 Å². The molecule has 2 aromatic rings. The number of anilines is 1. The number of sulfonamides is 1. The highest BCUT2D eigenvalue weighted by atomic mass is 79.9. The maximum absolute atomic E-state index is 13.8. The largest absolute Gasteiger partial charge is 0.465 e. The molecule has 0 saturated heterocycles. The molecule has 0 aliphatic rings. The molecule has 0 spiro atoms. The van der Waals surface area contributed by atoms with Crippen LogP contribution in [0.1, 0.15) is 10.4 Å². The van der Waals surface area contributed by atoms with Crippen molar-refractivity contribution < 1.29 is 22.3 Å². The third-order valence-corrected chi connectivity index (χ3v) is 5.16. The van der Waals surface area contributed by atoms with E-state index in [1.165, 1.54) is 31.4 Å². The molecule has 23 heavy (non-hydrogen) atoms. The van der Waals surface area contributed by atoms with Crippen molar-refractivity contribution in [3.63, 3.8) is 0 Å². The first-order chi connectivity index (χ1) is 10.7. The van der Waals surface area contributed by atoms with Gasteiger partial charge < -0.3 is 4.74 Å². The summed E-state index contributed by atoms with van der Waals surface area (Å²) in [5.74, 6) is -1.48. The molecule has 0 heterocycles. The number of carbonyl (C=O) groups is 1. The second kappa shape index (κ2) is 6.86. The van der Waals surface area contributed by atoms with E-state index in [1.807, 2.05) is 0 Å². The summed E-state index contributed by atoms with van der Waals surface area (Å²) in [6, 6.07) is 7.49. The van der Waals surface area contributed by atoms with Gasteiger partial charge in [-0.3, -0.25) is 4.72 Å². The Labute approximate surface area is 145 Å². The lowest BCUT2D eigenvalue weighted by molar-refractivity contribution is 0.0600. The fourth-order valence-corrected chi connectivity index (χ4v) is 3.65. The van der Waals surface area contributed by atoms with E-state index in [1.54, 1.807) is 0 Å². The van der Waals surface area contributed by atoms with Crippen LogP contribution >= 0.6 is 27.5 Å². The fraction of sp³-hybridized carbons (Fsp3) is 0.0714. The summed E-state index contributed by atoms with van der Waals surface area (Å²) in [6.45, 7) is 0. The van der Waals surface area contributed by atoms with Crippen molar-refractivity contribution in [1.29, 1.82) is 0 Å². The number of benzene rings is 2. The molecule has 122 valence electrons. The van der Waals surface area contributed by atoms with E-state index in [0.717, 1.165) is 12.1 Å². The van der Waals surface area contributed by atoms with Crippen LogP contribution in [-0.4, -0.2) is 21.5 Å². The molecule has 2 aromatic carbocycles. The lowest BCUT2D eigenvalue weighted by Gasteiger charge is -2.11. The molecule has 0 aliphatic carbocycles. The number of halogens is 3. The van der Waals surface area contributed by atoms with Crippen LogP contribution in [0.25, 0.3) is 0 Å². The Balaban J connectivity index is 2.45. The highest BCUT2D eigenvalue weighted by Crippen LogP contribution is 2.27. The van der Waals surface area contributed by atoms with Crippen LogP contribution in [0.5, 0.6) is 0 Å². The zero-order chi connectivity index (χ0) is 17.2. The van der Waals surface area contributed by atoms with E-state index in [-0.39, 0.29) is 21.2 Å². The summed E-state index contributed by atoms with van der Waals surface area (Å²) in [5, 5.41) is -0.109. The second-order valence-electron chi connectivity index (χ2n) is 4.37. The fourth-order valence-electron chi connectivity index (χ4n) is 1.73. The summed E-state index contributed by atoms with van der Waals surface area (Å²) < 4.78 is 45.7. The number of hydrogen-bond acceptors (Lipinski definition) is 4. The monoisotopic (exact) mass is 421 g/mol. The Kier molecular flexibility index (Phi) is 5.28. The van der Waals surface area contributed by atoms with Crippen molar-refractivity contribution in [3.05, 3.63) is 57.3 Å². The first-order valence-corrected chi connectivity index (χ1v) is 8.76. The van der Waals surface area contributed by atoms with Gasteiger partial charge in [0.1, 0.15) is 10.7 Å². The molecular formula is C14H10BrClFNO4S. The standard InChI is InChI=1S/C14H10BrClFNO4S/c1-22-14(19)8-2-4-10(16)13(6-8)23(20,21)18-12-5-3-9(15)7-11(12)17/h2-7,18H,1H3. The van der Waals surface area contributed by atoms with Gasteiger partial charge in [-0.15, -0.1) is 0 Å². The maximum atomic E-state index is 13.8. The van der Waals surface area contributed by atoms with Crippen LogP contribution in [0, 0.1) is 5.82 Å². The maximum Gasteiger partial charge on any atom is 0.337 e. The molecule has 0 fully saturated rings. The van der Waals surface area contributed by atoms with Crippen molar-refractivity contribution in [2.45, 2.75) is 4.90 Å². The van der Waals surface area contributed by atoms with Gasteiger partial charge >= 0.3 is 5.97 Å². The van der Waals surface area contributed by atoms with E-state index in [0.29, 0.717) is 4.47 Å². The molecule has 0 aliphatic heterocycles. The lowest BCUT2D eigenvalue weighted by Crippen LogP contribution is -2.15. The van der Waals surface area contributed by atoms with Crippen molar-refractivity contribution in [1.82, 2.24) is 0 Å². The second-order valence-corrected chi connectivity index (χ2v) is 7.34. The quantitative estimate of drug-likeness (QED) is 0.760. The third-order valence-electron chi connectivity index (χ3n) is 2.82. The number of nitrogens with one attached hydrogen (secondary N) is 1. The van der Waals surface area contributed by atoms with Crippen molar-refractivity contribution >= 4 is 49.2 Å². The molecular weight excluding hydrogens is 413 g/mol. The number of ether oxygens (including phenoxy) is 1. The summed E-state index contributed by atoms with van der Waals surface area (Å²) in [4.78, 5) is 11.2. The molecule has 9 heteroatoms. The summed E-state index contributed by atoms with van der Waals surface area (Å²) >= 11 is 8.96. The number of esters is 1. The number of carbonyl (C=O) groups excluding carboxylic acids is 1. The van der Waals surface area contributed by atoms with Gasteiger partial charge in [0, 0.05) is 4.47 Å². The van der Waals surface area contributed by atoms with Crippen LogP contribution in [0.4, 0.5) is 10.1 Å². The van der Waals surface area contributed by atoms with Crippen molar-refractivity contribution in [3.8, 4) is 0 Å². The van der Waals surface area contributed by atoms with E-state index >= 15 is 0 Å². The molecule has 0 bridgehead atoms. The molecule has 0 amide bonds. The summed E-state index contributed by atoms with van der Waals surface area (Å²) in [7, 11) is -3.02. The van der Waals surface area contributed by atoms with Crippen molar-refractivity contribution in [2.75, 3.05) is 11.8 Å². The number of rotatable bonds is 4. The number of hydrogen-bond donors (Lipinski definition) is 1. The topological polar surface area (TPSA) is 72.5 Å². The first kappa shape index (κ1) is 17.7. The van der Waals surface area contributed by atoms with Crippen LogP contribution in [-0.2, 0) is 14.8 Å². The minimum Gasteiger partial charge on any atom is -0.465 e. The Morgan fingerprint density at radius 1 is 1.26 bits per heavy atom. The molecule has 2 rings (SSSR count). The Bertz CT molecular complexity index is 873. The Morgan fingerprint density at radius 2 is 1.96 bits per heavy atom. The summed E-state index contributed by atoms with van der Waals surface area (Å²) in [5.41, 5.74) is -0.235. The summed E-state index contributed by atoms with van der Waals surface area (Å²) in [6.07, 6.45) is 0. The van der Waals surface area contributed by atoms with Gasteiger partial charge in [-0.1, -0.05) is 27.5 Å². The van der Waals surface area contributed by atoms with E-state index < -0.39 is 21.8 Å². The van der Waals surface area contributed by atoms with Gasteiger partial charge in [0.25, 0.3) is 10.0 Å². The van der Waals surface area contributed by atoms with Crippen LogP contribution < -0.4 is 4.72 Å². The zero-order valence-electron chi connectivity index (χ0n) is 11.6. The number of methoxy groups -OCH3 is 1. The predicted octanol–water partition coefficient (Wildman–Crippen LogP) is 3.83. The zero-order valence-corrected chi connectivity index (χ0v) is 14.8. The molecule has 0 atom stereocenters. The average molecular weight is 423 g/mol. The Morgan fingerprint density at radius 3 is 2.57 bits per heavy atom. The minimum absolute atomic E-state index is 0.00792. The molecule has 0 radical (unpaired) electrons.